The fourth-order valence-electron chi connectivity index (χ4n) is 2.38. The number of hydrogen-bond acceptors (Lipinski definition) is 5. The molecule has 2 aromatic rings. The van der Waals surface area contributed by atoms with Crippen LogP contribution in [0.1, 0.15) is 36.5 Å². The van der Waals surface area contributed by atoms with E-state index in [2.05, 4.69) is 4.98 Å². The number of nitrogens with two attached hydrogens (primary N) is 1. The lowest BCUT2D eigenvalue weighted by molar-refractivity contribution is 0.116. The van der Waals surface area contributed by atoms with E-state index >= 15 is 0 Å². The maximum absolute atomic E-state index is 14.4. The van der Waals surface area contributed by atoms with Gasteiger partial charge >= 0.3 is 0 Å². The van der Waals surface area contributed by atoms with Crippen molar-refractivity contribution in [2.75, 3.05) is 12.3 Å². The lowest BCUT2D eigenvalue weighted by atomic mass is 9.95. The molecule has 0 saturated carbocycles. The van der Waals surface area contributed by atoms with E-state index in [0.717, 1.165) is 12.8 Å². The second kappa shape index (κ2) is 8.09. The van der Waals surface area contributed by atoms with Gasteiger partial charge < -0.3 is 15.5 Å². The van der Waals surface area contributed by atoms with E-state index in [0.29, 0.717) is 12.2 Å². The summed E-state index contributed by atoms with van der Waals surface area (Å²) in [5.41, 5.74) is 5.21. The molecule has 0 bridgehead atoms. The van der Waals surface area contributed by atoms with E-state index in [1.807, 2.05) is 13.0 Å². The van der Waals surface area contributed by atoms with Crippen LogP contribution in [0, 0.1) is 28.5 Å². The predicted octanol–water partition coefficient (Wildman–Crippen LogP) is 2.82. The second-order valence-corrected chi connectivity index (χ2v) is 5.43. The Hall–Kier alpha value is -3.16. The number of rotatable bonds is 6. The van der Waals surface area contributed by atoms with Crippen molar-refractivity contribution in [3.8, 4) is 23.3 Å². The maximum atomic E-state index is 14.4. The maximum Gasteiger partial charge on any atom is 0.268 e. The average Bonchev–Trinajstić information content (AvgIpc) is 2.59. The van der Waals surface area contributed by atoms with E-state index in [4.69, 9.17) is 10.5 Å². The van der Waals surface area contributed by atoms with Crippen LogP contribution in [0.5, 0.6) is 0 Å². The fraction of sp³-hybridized carbons (Fsp3) is 0.278. The van der Waals surface area contributed by atoms with Crippen molar-refractivity contribution in [3.63, 3.8) is 0 Å². The first-order valence-corrected chi connectivity index (χ1v) is 7.76. The van der Waals surface area contributed by atoms with Crippen molar-refractivity contribution in [1.82, 2.24) is 4.98 Å². The number of aromatic nitrogens is 1. The minimum atomic E-state index is -0.721. The van der Waals surface area contributed by atoms with Crippen molar-refractivity contribution in [3.05, 3.63) is 51.1 Å². The molecule has 1 heterocycles. The number of benzene rings is 1. The Bertz CT molecular complexity index is 922. The van der Waals surface area contributed by atoms with Gasteiger partial charge in [-0.3, -0.25) is 4.79 Å². The van der Waals surface area contributed by atoms with Gasteiger partial charge in [0.05, 0.1) is 6.61 Å². The molecule has 128 valence electrons. The fourth-order valence-corrected chi connectivity index (χ4v) is 2.38. The zero-order chi connectivity index (χ0) is 18.4. The number of nitrogens with one attached hydrogen (secondary N) is 1. The molecule has 7 heteroatoms. The predicted molar refractivity (Wildman–Crippen MR) is 90.9 cm³/mol. The van der Waals surface area contributed by atoms with Crippen molar-refractivity contribution in [2.24, 2.45) is 0 Å². The van der Waals surface area contributed by atoms with Crippen LogP contribution >= 0.6 is 0 Å². The highest BCUT2D eigenvalue weighted by Crippen LogP contribution is 2.29. The summed E-state index contributed by atoms with van der Waals surface area (Å²) in [4.78, 5) is 14.2. The molecule has 0 unspecified atom stereocenters. The number of nitriles is 2. The lowest BCUT2D eigenvalue weighted by Gasteiger charge is -2.11. The Labute approximate surface area is 144 Å². The third kappa shape index (κ3) is 3.85. The molecular formula is C18H17FN4O2. The van der Waals surface area contributed by atoms with Gasteiger partial charge in [-0.1, -0.05) is 25.5 Å². The summed E-state index contributed by atoms with van der Waals surface area (Å²) >= 11 is 0. The minimum absolute atomic E-state index is 0.0311. The molecule has 0 saturated heterocycles. The topological polar surface area (TPSA) is 116 Å². The van der Waals surface area contributed by atoms with Gasteiger partial charge in [0.15, 0.2) is 0 Å². The van der Waals surface area contributed by atoms with E-state index in [9.17, 15) is 19.7 Å². The number of H-pyrrole nitrogens is 1. The molecule has 2 rings (SSSR count). The highest BCUT2D eigenvalue weighted by molar-refractivity contribution is 5.80. The zero-order valence-electron chi connectivity index (χ0n) is 13.7. The Morgan fingerprint density at radius 1 is 1.28 bits per heavy atom. The summed E-state index contributed by atoms with van der Waals surface area (Å²) in [6.07, 6.45) is 1.88. The van der Waals surface area contributed by atoms with Gasteiger partial charge in [0.25, 0.3) is 5.56 Å². The molecule has 25 heavy (non-hydrogen) atoms. The van der Waals surface area contributed by atoms with E-state index in [1.54, 1.807) is 6.07 Å². The molecule has 0 aliphatic rings. The molecule has 0 amide bonds. The molecule has 0 fully saturated rings. The number of pyridine rings is 1. The molecule has 1 aromatic carbocycles. The number of unbranched alkanes of at least 4 members (excludes halogenated alkanes) is 1. The van der Waals surface area contributed by atoms with Crippen LogP contribution in [0.2, 0.25) is 0 Å². The highest BCUT2D eigenvalue weighted by atomic mass is 19.1. The van der Waals surface area contributed by atoms with Crippen LogP contribution in [0.4, 0.5) is 10.2 Å². The first-order chi connectivity index (χ1) is 12.0. The van der Waals surface area contributed by atoms with Gasteiger partial charge in [0.2, 0.25) is 0 Å². The van der Waals surface area contributed by atoms with Crippen LogP contribution in [0.3, 0.4) is 0 Å². The Morgan fingerprint density at radius 2 is 2.00 bits per heavy atom. The zero-order valence-corrected chi connectivity index (χ0v) is 13.7. The van der Waals surface area contributed by atoms with Crippen LogP contribution < -0.4 is 11.3 Å². The summed E-state index contributed by atoms with van der Waals surface area (Å²) < 4.78 is 19.7. The van der Waals surface area contributed by atoms with Crippen LogP contribution in [-0.4, -0.2) is 11.6 Å². The number of hydrogen-bond donors (Lipinski definition) is 2. The molecule has 0 atom stereocenters. The van der Waals surface area contributed by atoms with Crippen molar-refractivity contribution in [1.29, 1.82) is 10.5 Å². The van der Waals surface area contributed by atoms with Gasteiger partial charge in [-0.15, -0.1) is 0 Å². The third-order valence-corrected chi connectivity index (χ3v) is 3.71. The van der Waals surface area contributed by atoms with Crippen molar-refractivity contribution >= 4 is 5.82 Å². The molecule has 6 nitrogen and oxygen atoms in total. The summed E-state index contributed by atoms with van der Waals surface area (Å²) in [5, 5.41) is 18.5. The summed E-state index contributed by atoms with van der Waals surface area (Å²) in [6.45, 7) is 2.70. The summed E-state index contributed by atoms with van der Waals surface area (Å²) in [5.74, 6) is -0.700. The molecule has 0 radical (unpaired) electrons. The largest absolute Gasteiger partial charge is 0.384 e. The number of nitrogens with zero attached hydrogens (tertiary/aromatic N) is 2. The van der Waals surface area contributed by atoms with E-state index < -0.39 is 11.4 Å². The summed E-state index contributed by atoms with van der Waals surface area (Å²) in [6, 6.07) is 7.83. The number of nitrogen functional groups attached to an aromatic ring is 1. The normalized spacial score (nSPS) is 10.2. The lowest BCUT2D eigenvalue weighted by Crippen LogP contribution is -2.16. The minimum Gasteiger partial charge on any atom is -0.384 e. The van der Waals surface area contributed by atoms with Crippen LogP contribution in [-0.2, 0) is 11.3 Å². The van der Waals surface area contributed by atoms with Gasteiger partial charge in [-0.05, 0) is 18.1 Å². The molecule has 0 spiro atoms. The van der Waals surface area contributed by atoms with Gasteiger partial charge in [-0.25, -0.2) is 4.39 Å². The number of halogens is 1. The van der Waals surface area contributed by atoms with Crippen LogP contribution in [0.15, 0.2) is 23.0 Å². The summed E-state index contributed by atoms with van der Waals surface area (Å²) in [7, 11) is 0. The van der Waals surface area contributed by atoms with Crippen LogP contribution in [0.25, 0.3) is 11.1 Å². The standard InChI is InChI=1S/C18H17FN4O2/c1-2-3-6-25-10-12-5-4-11(7-15(12)19)16-13(8-20)17(22)23-18(24)14(16)9-21/h4-5,7H,2-3,6,10H2,1H3,(H3,22,23,24). The third-order valence-electron chi connectivity index (χ3n) is 3.71. The molecule has 0 aliphatic carbocycles. The first kappa shape index (κ1) is 18.2. The van der Waals surface area contributed by atoms with Gasteiger partial charge in [0.1, 0.15) is 34.9 Å². The number of anilines is 1. The molecular weight excluding hydrogens is 323 g/mol. The second-order valence-electron chi connectivity index (χ2n) is 5.43. The average molecular weight is 340 g/mol. The Kier molecular flexibility index (Phi) is 5.89. The van der Waals surface area contributed by atoms with Gasteiger partial charge in [0, 0.05) is 17.7 Å². The monoisotopic (exact) mass is 340 g/mol. The highest BCUT2D eigenvalue weighted by Gasteiger charge is 2.19. The van der Waals surface area contributed by atoms with E-state index in [1.165, 1.54) is 18.2 Å². The smallest absolute Gasteiger partial charge is 0.268 e. The SMILES string of the molecule is CCCCOCc1ccc(-c2c(C#N)c(N)[nH]c(=O)c2C#N)cc1F. The van der Waals surface area contributed by atoms with Crippen molar-refractivity contribution in [2.45, 2.75) is 26.4 Å². The van der Waals surface area contributed by atoms with E-state index in [-0.39, 0.29) is 34.7 Å². The first-order valence-electron chi connectivity index (χ1n) is 7.76. The molecule has 1 aromatic heterocycles. The Morgan fingerprint density at radius 3 is 2.60 bits per heavy atom. The molecule has 3 N–H and O–H groups in total. The quantitative estimate of drug-likeness (QED) is 0.784. The number of ether oxygens (including phenoxy) is 1. The Balaban J connectivity index is 2.47. The van der Waals surface area contributed by atoms with Gasteiger partial charge in [-0.2, -0.15) is 10.5 Å². The number of aromatic amines is 1. The molecule has 0 aliphatic heterocycles. The van der Waals surface area contributed by atoms with Crippen molar-refractivity contribution < 1.29 is 9.13 Å².